The molecule has 0 bridgehead atoms. The third-order valence-electron chi connectivity index (χ3n) is 9.76. The van der Waals surface area contributed by atoms with Gasteiger partial charge in [0.1, 0.15) is 13.2 Å². The third kappa shape index (κ3) is 37.4. The van der Waals surface area contributed by atoms with E-state index in [1.807, 2.05) is 27.2 Å². The molecule has 0 aromatic rings. The normalized spacial score (nSPS) is 14.6. The Labute approximate surface area is 316 Å². The van der Waals surface area contributed by atoms with Gasteiger partial charge in [0.15, 0.2) is 0 Å². The van der Waals surface area contributed by atoms with Crippen molar-refractivity contribution in [2.45, 2.75) is 212 Å². The summed E-state index contributed by atoms with van der Waals surface area (Å²) in [5, 5.41) is 13.8. The molecule has 304 valence electrons. The Morgan fingerprint density at radius 2 is 1.04 bits per heavy atom. The second kappa shape index (κ2) is 35.0. The molecule has 3 unspecified atom stereocenters. The Morgan fingerprint density at radius 3 is 1.45 bits per heavy atom. The highest BCUT2D eigenvalue weighted by atomic mass is 31.2. The van der Waals surface area contributed by atoms with Gasteiger partial charge in [0.05, 0.1) is 39.9 Å². The number of aliphatic hydroxyl groups excluding tert-OH is 1. The summed E-state index contributed by atoms with van der Waals surface area (Å²) in [4.78, 5) is 23.0. The molecule has 0 saturated heterocycles. The average Bonchev–Trinajstić information content (AvgIpc) is 3.07. The van der Waals surface area contributed by atoms with E-state index < -0.39 is 20.0 Å². The summed E-state index contributed by atoms with van der Waals surface area (Å²) in [6, 6.07) is -0.838. The van der Waals surface area contributed by atoms with Crippen molar-refractivity contribution in [3.8, 4) is 0 Å². The van der Waals surface area contributed by atoms with Crippen molar-refractivity contribution in [3.05, 3.63) is 12.2 Å². The molecule has 3 N–H and O–H groups in total. The SMILES string of the molecule is CCCCCCCCCCCCCCCCCC/C=C/C(O)C(COP(=O)(O)OCC[N+](C)(C)C)NC(=O)CCCCCCCCCCCCC. The number of nitrogens with zero attached hydrogens (tertiary/aromatic N) is 1. The minimum atomic E-state index is -4.33. The second-order valence-electron chi connectivity index (χ2n) is 16.1. The topological polar surface area (TPSA) is 105 Å². The predicted octanol–water partition coefficient (Wildman–Crippen LogP) is 11.6. The number of hydrogen-bond donors (Lipinski definition) is 3. The number of aliphatic hydroxyl groups is 1. The van der Waals surface area contributed by atoms with Crippen LogP contribution in [0.3, 0.4) is 0 Å². The number of nitrogens with one attached hydrogen (secondary N) is 1. The van der Waals surface area contributed by atoms with Gasteiger partial charge in [0, 0.05) is 6.42 Å². The fourth-order valence-corrected chi connectivity index (χ4v) is 7.01. The molecule has 0 radical (unpaired) electrons. The zero-order valence-electron chi connectivity index (χ0n) is 34.4. The maximum atomic E-state index is 12.8. The number of unbranched alkanes of at least 4 members (excludes halogenated alkanes) is 26. The van der Waals surface area contributed by atoms with Gasteiger partial charge in [0.25, 0.3) is 0 Å². The van der Waals surface area contributed by atoms with E-state index in [1.165, 1.54) is 148 Å². The highest BCUT2D eigenvalue weighted by molar-refractivity contribution is 7.47. The Kier molecular flexibility index (Phi) is 34.5. The van der Waals surface area contributed by atoms with Crippen molar-refractivity contribution in [2.24, 2.45) is 0 Å². The van der Waals surface area contributed by atoms with E-state index in [4.69, 9.17) is 9.05 Å². The Bertz CT molecular complexity index is 850. The molecule has 51 heavy (non-hydrogen) atoms. The van der Waals surface area contributed by atoms with Crippen LogP contribution in [0.1, 0.15) is 200 Å². The molecule has 0 aromatic carbocycles. The van der Waals surface area contributed by atoms with E-state index in [9.17, 15) is 19.4 Å². The number of hydrogen-bond acceptors (Lipinski definition) is 5. The Morgan fingerprint density at radius 1 is 0.647 bits per heavy atom. The monoisotopic (exact) mass is 746 g/mol. The van der Waals surface area contributed by atoms with Crippen LogP contribution in [0.4, 0.5) is 0 Å². The lowest BCUT2D eigenvalue weighted by molar-refractivity contribution is -0.870. The molecular weight excluding hydrogens is 659 g/mol. The first-order valence-electron chi connectivity index (χ1n) is 21.6. The van der Waals surface area contributed by atoms with Gasteiger partial charge < -0.3 is 19.8 Å². The van der Waals surface area contributed by atoms with E-state index in [0.717, 1.165) is 32.1 Å². The molecule has 0 aromatic heterocycles. The van der Waals surface area contributed by atoms with Crippen molar-refractivity contribution in [1.82, 2.24) is 5.32 Å². The molecule has 1 amide bonds. The van der Waals surface area contributed by atoms with Gasteiger partial charge in [-0.05, 0) is 19.3 Å². The smallest absolute Gasteiger partial charge is 0.387 e. The number of carbonyl (C=O) groups is 1. The molecule has 0 aliphatic carbocycles. The first-order valence-corrected chi connectivity index (χ1v) is 23.1. The molecule has 0 spiro atoms. The summed E-state index contributed by atoms with van der Waals surface area (Å²) in [6.07, 6.45) is 38.4. The van der Waals surface area contributed by atoms with Crippen LogP contribution in [0, 0.1) is 0 Å². The fourth-order valence-electron chi connectivity index (χ4n) is 6.28. The van der Waals surface area contributed by atoms with Crippen molar-refractivity contribution in [2.75, 3.05) is 40.9 Å². The molecule has 0 fully saturated rings. The van der Waals surface area contributed by atoms with Crippen LogP contribution >= 0.6 is 7.82 Å². The van der Waals surface area contributed by atoms with Crippen molar-refractivity contribution in [3.63, 3.8) is 0 Å². The van der Waals surface area contributed by atoms with Crippen molar-refractivity contribution < 1.29 is 32.9 Å². The van der Waals surface area contributed by atoms with Crippen LogP contribution in [0.25, 0.3) is 0 Å². The number of rotatable bonds is 39. The summed E-state index contributed by atoms with van der Waals surface area (Å²) in [5.74, 6) is -0.177. The molecular formula is C42H86N2O6P+. The van der Waals surface area contributed by atoms with E-state index in [2.05, 4.69) is 19.2 Å². The van der Waals surface area contributed by atoms with Gasteiger partial charge in [-0.1, -0.05) is 187 Å². The third-order valence-corrected chi connectivity index (χ3v) is 10.7. The number of amides is 1. The highest BCUT2D eigenvalue weighted by Crippen LogP contribution is 2.43. The fraction of sp³-hybridized carbons (Fsp3) is 0.929. The second-order valence-corrected chi connectivity index (χ2v) is 17.5. The van der Waals surface area contributed by atoms with Gasteiger partial charge in [-0.3, -0.25) is 13.8 Å². The largest absolute Gasteiger partial charge is 0.472 e. The van der Waals surface area contributed by atoms with Crippen LogP contribution in [0.2, 0.25) is 0 Å². The maximum Gasteiger partial charge on any atom is 0.472 e. The van der Waals surface area contributed by atoms with Crippen molar-refractivity contribution in [1.29, 1.82) is 0 Å². The van der Waals surface area contributed by atoms with E-state index in [-0.39, 0.29) is 19.1 Å². The summed E-state index contributed by atoms with van der Waals surface area (Å²) >= 11 is 0. The first-order chi connectivity index (χ1) is 24.5. The molecule has 0 saturated carbocycles. The van der Waals surface area contributed by atoms with Gasteiger partial charge in [0.2, 0.25) is 5.91 Å². The lowest BCUT2D eigenvalue weighted by Gasteiger charge is -2.25. The predicted molar refractivity (Wildman–Crippen MR) is 217 cm³/mol. The zero-order valence-corrected chi connectivity index (χ0v) is 35.3. The average molecular weight is 746 g/mol. The number of carbonyl (C=O) groups excluding carboxylic acids is 1. The number of allylic oxidation sites excluding steroid dienone is 1. The molecule has 0 aliphatic heterocycles. The summed E-state index contributed by atoms with van der Waals surface area (Å²) in [7, 11) is 1.58. The molecule has 8 nitrogen and oxygen atoms in total. The number of quaternary nitrogens is 1. The minimum absolute atomic E-state index is 0.0644. The summed E-state index contributed by atoms with van der Waals surface area (Å²) in [6.45, 7) is 4.81. The number of likely N-dealkylation sites (N-methyl/N-ethyl adjacent to an activating group) is 1. The van der Waals surface area contributed by atoms with E-state index in [0.29, 0.717) is 17.4 Å². The van der Waals surface area contributed by atoms with E-state index in [1.54, 1.807) is 6.08 Å². The van der Waals surface area contributed by atoms with Crippen LogP contribution in [0.15, 0.2) is 12.2 Å². The van der Waals surface area contributed by atoms with Crippen LogP contribution in [-0.2, 0) is 18.4 Å². The van der Waals surface area contributed by atoms with Gasteiger partial charge >= 0.3 is 7.82 Å². The molecule has 0 aliphatic rings. The molecule has 0 heterocycles. The lowest BCUT2D eigenvalue weighted by Crippen LogP contribution is -2.45. The minimum Gasteiger partial charge on any atom is -0.387 e. The van der Waals surface area contributed by atoms with E-state index >= 15 is 0 Å². The summed E-state index contributed by atoms with van der Waals surface area (Å²) in [5.41, 5.74) is 0. The van der Waals surface area contributed by atoms with Crippen LogP contribution in [0.5, 0.6) is 0 Å². The quantitative estimate of drug-likeness (QED) is 0.0250. The summed E-state index contributed by atoms with van der Waals surface area (Å²) < 4.78 is 23.5. The Balaban J connectivity index is 4.40. The standard InChI is InChI=1S/C42H85N2O6P/c1-6-8-10-12-14-16-18-19-20-21-22-23-24-26-27-29-31-33-35-41(45)40(39-50-51(47,48)49-38-37-44(3,4)5)43-42(46)36-34-32-30-28-25-17-15-13-11-9-7-2/h33,35,40-41,45H,6-32,34,36-39H2,1-5H3,(H-,43,46,47,48)/p+1/b35-33+. The van der Waals surface area contributed by atoms with Gasteiger partial charge in [-0.25, -0.2) is 4.57 Å². The molecule has 9 heteroatoms. The van der Waals surface area contributed by atoms with Crippen molar-refractivity contribution >= 4 is 13.7 Å². The zero-order chi connectivity index (χ0) is 37.9. The van der Waals surface area contributed by atoms with Crippen LogP contribution < -0.4 is 5.32 Å². The van der Waals surface area contributed by atoms with Crippen LogP contribution in [-0.4, -0.2) is 73.4 Å². The first kappa shape index (κ1) is 50.2. The van der Waals surface area contributed by atoms with Gasteiger partial charge in [-0.2, -0.15) is 0 Å². The Hall–Kier alpha value is -0.760. The molecule has 3 atom stereocenters. The maximum absolute atomic E-state index is 12.8. The van der Waals surface area contributed by atoms with Gasteiger partial charge in [-0.15, -0.1) is 0 Å². The molecule has 0 rings (SSSR count). The highest BCUT2D eigenvalue weighted by Gasteiger charge is 2.27. The number of phosphoric acid groups is 1. The number of phosphoric ester groups is 1. The lowest BCUT2D eigenvalue weighted by atomic mass is 10.0.